The molecule has 0 bridgehead atoms. The van der Waals surface area contributed by atoms with Gasteiger partial charge in [0.2, 0.25) is 0 Å². The number of aliphatic carboxylic acids is 1. The van der Waals surface area contributed by atoms with Crippen LogP contribution in [0.3, 0.4) is 0 Å². The first kappa shape index (κ1) is 19.0. The lowest BCUT2D eigenvalue weighted by atomic mass is 9.90. The summed E-state index contributed by atoms with van der Waals surface area (Å²) in [6, 6.07) is 13.6. The Morgan fingerprint density at radius 3 is 2.52 bits per heavy atom. The summed E-state index contributed by atoms with van der Waals surface area (Å²) >= 11 is 0. The molecular weight excluding hydrogens is 340 g/mol. The van der Waals surface area contributed by atoms with Crippen LogP contribution in [0.15, 0.2) is 48.5 Å². The second kappa shape index (κ2) is 9.26. The Labute approximate surface area is 160 Å². The molecule has 142 valence electrons. The number of carbonyl (C=O) groups is 1. The second-order valence-corrected chi connectivity index (χ2v) is 6.97. The first-order valence-electron chi connectivity index (χ1n) is 9.48. The first-order valence-corrected chi connectivity index (χ1v) is 9.48. The minimum Gasteiger partial charge on any atom is -0.497 e. The Kier molecular flexibility index (Phi) is 6.53. The molecule has 0 atom stereocenters. The fourth-order valence-electron chi connectivity index (χ4n) is 3.50. The summed E-state index contributed by atoms with van der Waals surface area (Å²) in [5.74, 6) is 1.29. The van der Waals surface area contributed by atoms with Crippen molar-refractivity contribution in [2.24, 2.45) is 5.92 Å². The highest BCUT2D eigenvalue weighted by molar-refractivity contribution is 5.86. The number of ether oxygens (including phenoxy) is 2. The number of hydrogen-bond donors (Lipinski definition) is 1. The van der Waals surface area contributed by atoms with Gasteiger partial charge in [0.15, 0.2) is 0 Å². The average Bonchev–Trinajstić information content (AvgIpc) is 2.72. The van der Waals surface area contributed by atoms with Crippen LogP contribution in [0, 0.1) is 5.92 Å². The van der Waals surface area contributed by atoms with E-state index in [0.29, 0.717) is 5.92 Å². The highest BCUT2D eigenvalue weighted by Crippen LogP contribution is 2.34. The molecule has 1 fully saturated rings. The highest BCUT2D eigenvalue weighted by Gasteiger charge is 2.15. The van der Waals surface area contributed by atoms with Crippen LogP contribution < -0.4 is 9.47 Å². The smallest absolute Gasteiger partial charge is 0.328 e. The molecule has 0 aromatic heterocycles. The molecule has 1 aliphatic carbocycles. The lowest BCUT2D eigenvalue weighted by molar-refractivity contribution is -0.131. The summed E-state index contributed by atoms with van der Waals surface area (Å²) in [7, 11) is 1.64. The molecule has 0 spiro atoms. The molecule has 0 saturated heterocycles. The van der Waals surface area contributed by atoms with Gasteiger partial charge in [-0.15, -0.1) is 0 Å². The summed E-state index contributed by atoms with van der Waals surface area (Å²) in [5, 5.41) is 8.88. The van der Waals surface area contributed by atoms with Crippen molar-refractivity contribution in [1.29, 1.82) is 0 Å². The lowest BCUT2D eigenvalue weighted by Crippen LogP contribution is -2.15. The number of benzene rings is 2. The summed E-state index contributed by atoms with van der Waals surface area (Å²) < 4.78 is 11.4. The Morgan fingerprint density at radius 2 is 1.85 bits per heavy atom. The first-order chi connectivity index (χ1) is 13.2. The fraction of sp³-hybridized carbons (Fsp3) is 0.348. The third-order valence-electron chi connectivity index (χ3n) is 5.02. The summed E-state index contributed by atoms with van der Waals surface area (Å²) in [5.41, 5.74) is 2.80. The monoisotopic (exact) mass is 366 g/mol. The minimum atomic E-state index is -0.960. The number of carboxylic acids is 1. The molecule has 0 heterocycles. The van der Waals surface area contributed by atoms with E-state index in [1.54, 1.807) is 13.2 Å². The minimum absolute atomic E-state index is 0.619. The van der Waals surface area contributed by atoms with E-state index in [2.05, 4.69) is 0 Å². The maximum Gasteiger partial charge on any atom is 0.328 e. The van der Waals surface area contributed by atoms with Crippen LogP contribution in [0.25, 0.3) is 17.2 Å². The highest BCUT2D eigenvalue weighted by atomic mass is 16.5. The molecule has 0 aliphatic heterocycles. The predicted octanol–water partition coefficient (Wildman–Crippen LogP) is 5.42. The number of hydrogen-bond acceptors (Lipinski definition) is 3. The van der Waals surface area contributed by atoms with Gasteiger partial charge in [0.1, 0.15) is 11.5 Å². The van der Waals surface area contributed by atoms with Crippen LogP contribution >= 0.6 is 0 Å². The molecule has 1 aliphatic rings. The van der Waals surface area contributed by atoms with E-state index in [4.69, 9.17) is 14.6 Å². The Bertz CT molecular complexity index is 787. The number of methoxy groups -OCH3 is 1. The zero-order valence-corrected chi connectivity index (χ0v) is 15.7. The Balaban J connectivity index is 1.86. The maximum atomic E-state index is 10.8. The maximum absolute atomic E-state index is 10.8. The van der Waals surface area contributed by atoms with Crippen molar-refractivity contribution in [3.05, 3.63) is 54.1 Å². The average molecular weight is 366 g/mol. The molecule has 1 saturated carbocycles. The van der Waals surface area contributed by atoms with Crippen LogP contribution in [-0.4, -0.2) is 24.8 Å². The van der Waals surface area contributed by atoms with Gasteiger partial charge < -0.3 is 14.6 Å². The van der Waals surface area contributed by atoms with Crippen molar-refractivity contribution in [1.82, 2.24) is 0 Å². The molecule has 0 radical (unpaired) electrons. The zero-order chi connectivity index (χ0) is 19.1. The van der Waals surface area contributed by atoms with Crippen LogP contribution in [0.5, 0.6) is 11.5 Å². The third kappa shape index (κ3) is 5.36. The van der Waals surface area contributed by atoms with Crippen LogP contribution in [0.4, 0.5) is 0 Å². The topological polar surface area (TPSA) is 55.8 Å². The largest absolute Gasteiger partial charge is 0.497 e. The molecular formula is C23H26O4. The Morgan fingerprint density at radius 1 is 1.11 bits per heavy atom. The van der Waals surface area contributed by atoms with E-state index in [1.165, 1.54) is 32.1 Å². The van der Waals surface area contributed by atoms with Crippen molar-refractivity contribution < 1.29 is 19.4 Å². The van der Waals surface area contributed by atoms with E-state index in [-0.39, 0.29) is 0 Å². The zero-order valence-electron chi connectivity index (χ0n) is 15.7. The standard InChI is InChI=1S/C23H26O4/c1-26-20-11-9-19(10-12-20)21-15-17(8-14-23(24)25)7-13-22(21)27-16-18-5-3-2-4-6-18/h7-15,18H,2-6,16H2,1H3,(H,24,25). The van der Waals surface area contributed by atoms with E-state index >= 15 is 0 Å². The van der Waals surface area contributed by atoms with Gasteiger partial charge in [-0.1, -0.05) is 37.5 Å². The van der Waals surface area contributed by atoms with E-state index in [1.807, 2.05) is 42.5 Å². The normalized spacial score (nSPS) is 15.0. The van der Waals surface area contributed by atoms with Crippen LogP contribution in [0.1, 0.15) is 37.7 Å². The van der Waals surface area contributed by atoms with Gasteiger partial charge in [0.05, 0.1) is 13.7 Å². The summed E-state index contributed by atoms with van der Waals surface area (Å²) in [6.45, 7) is 0.730. The Hall–Kier alpha value is -2.75. The van der Waals surface area contributed by atoms with Gasteiger partial charge in [-0.3, -0.25) is 0 Å². The second-order valence-electron chi connectivity index (χ2n) is 6.97. The lowest BCUT2D eigenvalue weighted by Gasteiger charge is -2.22. The van der Waals surface area contributed by atoms with Gasteiger partial charge in [-0.25, -0.2) is 4.79 Å². The molecule has 3 rings (SSSR count). The van der Waals surface area contributed by atoms with E-state index in [9.17, 15) is 4.79 Å². The SMILES string of the molecule is COc1ccc(-c2cc(C=CC(=O)O)ccc2OCC2CCCCC2)cc1. The van der Waals surface area contributed by atoms with Gasteiger partial charge >= 0.3 is 5.97 Å². The quantitative estimate of drug-likeness (QED) is 0.665. The van der Waals surface area contributed by atoms with Crippen molar-refractivity contribution in [3.8, 4) is 22.6 Å². The molecule has 2 aromatic rings. The van der Waals surface area contributed by atoms with Gasteiger partial charge in [-0.2, -0.15) is 0 Å². The van der Waals surface area contributed by atoms with E-state index in [0.717, 1.165) is 40.9 Å². The predicted molar refractivity (Wildman–Crippen MR) is 107 cm³/mol. The molecule has 0 unspecified atom stereocenters. The van der Waals surface area contributed by atoms with Crippen molar-refractivity contribution in [2.75, 3.05) is 13.7 Å². The van der Waals surface area contributed by atoms with Crippen molar-refractivity contribution in [3.63, 3.8) is 0 Å². The molecule has 27 heavy (non-hydrogen) atoms. The van der Waals surface area contributed by atoms with Gasteiger partial charge in [0, 0.05) is 11.6 Å². The fourth-order valence-corrected chi connectivity index (χ4v) is 3.50. The van der Waals surface area contributed by atoms with Gasteiger partial charge in [-0.05, 0) is 60.2 Å². The van der Waals surface area contributed by atoms with Crippen LogP contribution in [0.2, 0.25) is 0 Å². The molecule has 0 amide bonds. The molecule has 4 heteroatoms. The van der Waals surface area contributed by atoms with Crippen molar-refractivity contribution >= 4 is 12.0 Å². The molecule has 2 aromatic carbocycles. The van der Waals surface area contributed by atoms with Gasteiger partial charge in [0.25, 0.3) is 0 Å². The number of rotatable bonds is 7. The van der Waals surface area contributed by atoms with Crippen LogP contribution in [-0.2, 0) is 4.79 Å². The summed E-state index contributed by atoms with van der Waals surface area (Å²) in [4.78, 5) is 10.8. The van der Waals surface area contributed by atoms with Crippen molar-refractivity contribution in [2.45, 2.75) is 32.1 Å². The molecule has 4 nitrogen and oxygen atoms in total. The number of carboxylic acid groups (broad SMARTS) is 1. The molecule has 1 N–H and O–H groups in total. The van der Waals surface area contributed by atoms with E-state index < -0.39 is 5.97 Å². The summed E-state index contributed by atoms with van der Waals surface area (Å²) in [6.07, 6.45) is 9.12. The third-order valence-corrected chi connectivity index (χ3v) is 5.02.